The second-order valence-electron chi connectivity index (χ2n) is 5.16. The van der Waals surface area contributed by atoms with E-state index in [-0.39, 0.29) is 18.1 Å². The van der Waals surface area contributed by atoms with E-state index in [9.17, 15) is 17.6 Å². The largest absolute Gasteiger partial charge is 0.478 e. The average Bonchev–Trinajstić information content (AvgIpc) is 2.41. The number of rotatable bonds is 3. The van der Waals surface area contributed by atoms with Crippen molar-refractivity contribution in [1.29, 1.82) is 0 Å². The Morgan fingerprint density at radius 2 is 1.95 bits per heavy atom. The van der Waals surface area contributed by atoms with Crippen LogP contribution in [0.5, 0.6) is 0 Å². The Morgan fingerprint density at radius 1 is 1.38 bits per heavy atom. The molecule has 1 aromatic carbocycles. The van der Waals surface area contributed by atoms with Crippen LogP contribution in [-0.2, 0) is 10.0 Å². The van der Waals surface area contributed by atoms with E-state index in [0.717, 1.165) is 12.1 Å². The van der Waals surface area contributed by atoms with E-state index in [2.05, 4.69) is 0 Å². The Balaban J connectivity index is 2.47. The lowest BCUT2D eigenvalue weighted by atomic mass is 10.0. The first-order valence-corrected chi connectivity index (χ1v) is 8.27. The van der Waals surface area contributed by atoms with Gasteiger partial charge in [0.25, 0.3) is 0 Å². The lowest BCUT2D eigenvalue weighted by Gasteiger charge is -2.29. The summed E-state index contributed by atoms with van der Waals surface area (Å²) in [5, 5.41) is 8.79. The number of carboxylic acid groups (broad SMARTS) is 1. The summed E-state index contributed by atoms with van der Waals surface area (Å²) < 4.78 is 40.3. The first-order chi connectivity index (χ1) is 9.73. The predicted molar refractivity (Wildman–Crippen MR) is 75.5 cm³/mol. The molecule has 1 heterocycles. The second kappa shape index (κ2) is 5.90. The number of carbonyl (C=O) groups is 1. The molecular weight excluding hydrogens is 321 g/mol. The van der Waals surface area contributed by atoms with Gasteiger partial charge >= 0.3 is 5.97 Å². The number of hydrogen-bond donors (Lipinski definition) is 1. The summed E-state index contributed by atoms with van der Waals surface area (Å²) in [5.41, 5.74) is -0.744. The van der Waals surface area contributed by atoms with Crippen molar-refractivity contribution >= 4 is 27.6 Å². The zero-order valence-corrected chi connectivity index (χ0v) is 12.9. The lowest BCUT2D eigenvalue weighted by Crippen LogP contribution is -2.38. The first-order valence-electron chi connectivity index (χ1n) is 6.46. The standard InChI is InChI=1S/C13H15ClFNO4S/c1-8-2-4-16(5-3-8)21(19,20)11-7-9(14)6-10(12(11)15)13(17)18/h6-8H,2-5H2,1H3,(H,17,18). The molecule has 21 heavy (non-hydrogen) atoms. The molecular formula is C13H15ClFNO4S. The lowest BCUT2D eigenvalue weighted by molar-refractivity contribution is 0.0691. The number of carboxylic acids is 1. The van der Waals surface area contributed by atoms with E-state index < -0.39 is 32.3 Å². The van der Waals surface area contributed by atoms with Crippen LogP contribution in [0.15, 0.2) is 17.0 Å². The van der Waals surface area contributed by atoms with Gasteiger partial charge in [0, 0.05) is 18.1 Å². The summed E-state index contributed by atoms with van der Waals surface area (Å²) in [4.78, 5) is 10.3. The number of halogens is 2. The summed E-state index contributed by atoms with van der Waals surface area (Å²) in [6.45, 7) is 2.60. The SMILES string of the molecule is CC1CCN(S(=O)(=O)c2cc(Cl)cc(C(=O)O)c2F)CC1. The van der Waals surface area contributed by atoms with Crippen molar-refractivity contribution in [1.82, 2.24) is 4.31 Å². The number of aromatic carboxylic acids is 1. The van der Waals surface area contributed by atoms with E-state index in [0.29, 0.717) is 18.8 Å². The molecule has 1 N–H and O–H groups in total. The molecule has 0 saturated carbocycles. The van der Waals surface area contributed by atoms with Gasteiger partial charge in [0.2, 0.25) is 10.0 Å². The predicted octanol–water partition coefficient (Wildman–Crippen LogP) is 2.60. The fourth-order valence-electron chi connectivity index (χ4n) is 2.27. The quantitative estimate of drug-likeness (QED) is 0.921. The zero-order valence-electron chi connectivity index (χ0n) is 11.3. The summed E-state index contributed by atoms with van der Waals surface area (Å²) in [6.07, 6.45) is 1.38. The van der Waals surface area contributed by atoms with Crippen LogP contribution in [0.3, 0.4) is 0 Å². The first kappa shape index (κ1) is 16.2. The number of sulfonamides is 1. The molecule has 0 aliphatic carbocycles. The van der Waals surface area contributed by atoms with Crippen molar-refractivity contribution in [2.24, 2.45) is 5.92 Å². The van der Waals surface area contributed by atoms with Crippen LogP contribution in [0.1, 0.15) is 30.1 Å². The minimum atomic E-state index is -4.08. The highest BCUT2D eigenvalue weighted by molar-refractivity contribution is 7.89. The molecule has 1 aliphatic rings. The average molecular weight is 336 g/mol. The highest BCUT2D eigenvalue weighted by atomic mass is 35.5. The highest BCUT2D eigenvalue weighted by Crippen LogP contribution is 2.29. The maximum absolute atomic E-state index is 14.2. The van der Waals surface area contributed by atoms with E-state index in [4.69, 9.17) is 16.7 Å². The summed E-state index contributed by atoms with van der Waals surface area (Å²) >= 11 is 5.72. The minimum Gasteiger partial charge on any atom is -0.478 e. The smallest absolute Gasteiger partial charge is 0.338 e. The van der Waals surface area contributed by atoms with Gasteiger partial charge in [-0.25, -0.2) is 17.6 Å². The van der Waals surface area contributed by atoms with Crippen LogP contribution in [0, 0.1) is 11.7 Å². The Labute approximate surface area is 127 Å². The maximum atomic E-state index is 14.2. The molecule has 0 spiro atoms. The molecule has 1 aromatic rings. The topological polar surface area (TPSA) is 74.7 Å². The Bertz CT molecular complexity index is 669. The minimum absolute atomic E-state index is 0.127. The fourth-order valence-corrected chi connectivity index (χ4v) is 4.14. The normalized spacial score (nSPS) is 17.9. The monoisotopic (exact) mass is 335 g/mol. The number of hydrogen-bond acceptors (Lipinski definition) is 3. The molecule has 8 heteroatoms. The van der Waals surface area contributed by atoms with Crippen LogP contribution in [0.25, 0.3) is 0 Å². The van der Waals surface area contributed by atoms with Crippen molar-refractivity contribution in [2.75, 3.05) is 13.1 Å². The molecule has 0 unspecified atom stereocenters. The van der Waals surface area contributed by atoms with Crippen LogP contribution < -0.4 is 0 Å². The third-order valence-electron chi connectivity index (χ3n) is 3.59. The van der Waals surface area contributed by atoms with Crippen LogP contribution in [-0.4, -0.2) is 36.9 Å². The third kappa shape index (κ3) is 3.20. The summed E-state index contributed by atoms with van der Waals surface area (Å²) in [6, 6.07) is 1.85. The van der Waals surface area contributed by atoms with Gasteiger partial charge in [-0.05, 0) is 30.9 Å². The van der Waals surface area contributed by atoms with Gasteiger partial charge in [-0.15, -0.1) is 0 Å². The number of nitrogens with zero attached hydrogens (tertiary/aromatic N) is 1. The molecule has 0 atom stereocenters. The summed E-state index contributed by atoms with van der Waals surface area (Å²) in [5.74, 6) is -2.42. The molecule has 116 valence electrons. The third-order valence-corrected chi connectivity index (χ3v) is 5.71. The van der Waals surface area contributed by atoms with Gasteiger partial charge in [0.05, 0.1) is 5.56 Å². The van der Waals surface area contributed by atoms with Crippen molar-refractivity contribution in [2.45, 2.75) is 24.7 Å². The Kier molecular flexibility index (Phi) is 4.55. The van der Waals surface area contributed by atoms with Gasteiger partial charge in [-0.1, -0.05) is 18.5 Å². The van der Waals surface area contributed by atoms with Crippen molar-refractivity contribution in [3.8, 4) is 0 Å². The van der Waals surface area contributed by atoms with Crippen LogP contribution in [0.4, 0.5) is 4.39 Å². The molecule has 5 nitrogen and oxygen atoms in total. The van der Waals surface area contributed by atoms with Crippen molar-refractivity contribution in [3.05, 3.63) is 28.5 Å². The number of benzene rings is 1. The van der Waals surface area contributed by atoms with Gasteiger partial charge < -0.3 is 5.11 Å². The zero-order chi connectivity index (χ0) is 15.8. The van der Waals surface area contributed by atoms with E-state index in [1.165, 1.54) is 4.31 Å². The van der Waals surface area contributed by atoms with Gasteiger partial charge in [0.1, 0.15) is 4.90 Å². The molecule has 0 radical (unpaired) electrons. The molecule has 1 fully saturated rings. The molecule has 0 bridgehead atoms. The second-order valence-corrected chi connectivity index (χ2v) is 7.50. The van der Waals surface area contributed by atoms with Crippen LogP contribution in [0.2, 0.25) is 5.02 Å². The van der Waals surface area contributed by atoms with Crippen molar-refractivity contribution < 1.29 is 22.7 Å². The molecule has 1 aliphatic heterocycles. The Morgan fingerprint density at radius 3 is 2.48 bits per heavy atom. The fraction of sp³-hybridized carbons (Fsp3) is 0.462. The molecule has 0 aromatic heterocycles. The van der Waals surface area contributed by atoms with Crippen LogP contribution >= 0.6 is 11.6 Å². The molecule has 1 saturated heterocycles. The van der Waals surface area contributed by atoms with E-state index >= 15 is 0 Å². The van der Waals surface area contributed by atoms with E-state index in [1.54, 1.807) is 0 Å². The maximum Gasteiger partial charge on any atom is 0.338 e. The Hall–Kier alpha value is -1.18. The van der Waals surface area contributed by atoms with Gasteiger partial charge in [0.15, 0.2) is 5.82 Å². The van der Waals surface area contributed by atoms with E-state index in [1.807, 2.05) is 6.92 Å². The molecule has 2 rings (SSSR count). The van der Waals surface area contributed by atoms with Gasteiger partial charge in [-0.3, -0.25) is 0 Å². The number of piperidine rings is 1. The molecule has 0 amide bonds. The van der Waals surface area contributed by atoms with Gasteiger partial charge in [-0.2, -0.15) is 4.31 Å². The highest BCUT2D eigenvalue weighted by Gasteiger charge is 2.32. The summed E-state index contributed by atoms with van der Waals surface area (Å²) in [7, 11) is -4.08. The van der Waals surface area contributed by atoms with Crippen molar-refractivity contribution in [3.63, 3.8) is 0 Å².